The number of carboxylic acids is 1. The molecule has 6 nitrogen and oxygen atoms in total. The summed E-state index contributed by atoms with van der Waals surface area (Å²) in [5.41, 5.74) is 1.96. The first-order chi connectivity index (χ1) is 13.4. The lowest BCUT2D eigenvalue weighted by molar-refractivity contribution is 0.0696. The van der Waals surface area contributed by atoms with E-state index in [9.17, 15) is 13.2 Å². The van der Waals surface area contributed by atoms with Crippen LogP contribution < -0.4 is 4.72 Å². The number of hydrogen-bond acceptors (Lipinski definition) is 5. The Morgan fingerprint density at radius 1 is 0.964 bits per heavy atom. The molecule has 0 amide bonds. The van der Waals surface area contributed by atoms with Gasteiger partial charge in [-0.1, -0.05) is 30.3 Å². The summed E-state index contributed by atoms with van der Waals surface area (Å²) < 4.78 is 28.8. The summed E-state index contributed by atoms with van der Waals surface area (Å²) in [4.78, 5) is 15.6. The number of anilines is 1. The fourth-order valence-electron chi connectivity index (χ4n) is 2.72. The Hall–Kier alpha value is -3.23. The molecule has 0 unspecified atom stereocenters. The number of carbonyl (C=O) groups is 1. The summed E-state index contributed by atoms with van der Waals surface area (Å²) in [6.45, 7) is 0. The second-order valence-electron chi connectivity index (χ2n) is 6.01. The standard InChI is InChI=1S/C20H14N2O4S2/c23-20(24)14-6-4-8-16(12-14)28(25,26)22-15-7-3-5-13(11-15)19-21-17-9-1-2-10-18(17)27-19/h1-12,22H,(H,23,24). The Labute approximate surface area is 165 Å². The molecule has 0 spiro atoms. The maximum Gasteiger partial charge on any atom is 0.335 e. The maximum absolute atomic E-state index is 12.6. The number of nitrogens with zero attached hydrogens (tertiary/aromatic N) is 1. The van der Waals surface area contributed by atoms with Crippen molar-refractivity contribution >= 4 is 43.2 Å². The third-order valence-electron chi connectivity index (χ3n) is 4.05. The number of sulfonamides is 1. The molecule has 0 aliphatic carbocycles. The molecule has 0 saturated carbocycles. The second-order valence-corrected chi connectivity index (χ2v) is 8.72. The number of carboxylic acid groups (broad SMARTS) is 1. The Balaban J connectivity index is 1.66. The highest BCUT2D eigenvalue weighted by Crippen LogP contribution is 2.31. The minimum absolute atomic E-state index is 0.0916. The van der Waals surface area contributed by atoms with Crippen molar-refractivity contribution in [3.8, 4) is 10.6 Å². The molecule has 140 valence electrons. The Morgan fingerprint density at radius 3 is 2.54 bits per heavy atom. The van der Waals surface area contributed by atoms with E-state index in [-0.39, 0.29) is 10.5 Å². The van der Waals surface area contributed by atoms with E-state index >= 15 is 0 Å². The van der Waals surface area contributed by atoms with Gasteiger partial charge in [0, 0.05) is 11.3 Å². The molecule has 2 N–H and O–H groups in total. The number of aromatic nitrogens is 1. The summed E-state index contributed by atoms with van der Waals surface area (Å²) >= 11 is 1.52. The third-order valence-corrected chi connectivity index (χ3v) is 6.51. The highest BCUT2D eigenvalue weighted by molar-refractivity contribution is 7.92. The number of aromatic carboxylic acids is 1. The number of nitrogens with one attached hydrogen (secondary N) is 1. The molecule has 8 heteroatoms. The molecule has 0 aliphatic rings. The lowest BCUT2D eigenvalue weighted by Gasteiger charge is -2.09. The largest absolute Gasteiger partial charge is 0.478 e. The van der Waals surface area contributed by atoms with E-state index in [4.69, 9.17) is 5.11 Å². The first-order valence-electron chi connectivity index (χ1n) is 8.24. The van der Waals surface area contributed by atoms with Crippen LogP contribution in [-0.4, -0.2) is 24.5 Å². The monoisotopic (exact) mass is 410 g/mol. The second kappa shape index (κ2) is 7.06. The topological polar surface area (TPSA) is 96.4 Å². The zero-order valence-electron chi connectivity index (χ0n) is 14.4. The molecule has 4 rings (SSSR count). The highest BCUT2D eigenvalue weighted by atomic mass is 32.2. The molecule has 0 radical (unpaired) electrons. The highest BCUT2D eigenvalue weighted by Gasteiger charge is 2.17. The molecule has 28 heavy (non-hydrogen) atoms. The van der Waals surface area contributed by atoms with Gasteiger partial charge in [0.15, 0.2) is 0 Å². The molecule has 0 saturated heterocycles. The van der Waals surface area contributed by atoms with Gasteiger partial charge in [-0.2, -0.15) is 0 Å². The lowest BCUT2D eigenvalue weighted by atomic mass is 10.2. The van der Waals surface area contributed by atoms with Gasteiger partial charge in [-0.05, 0) is 42.5 Å². The van der Waals surface area contributed by atoms with Gasteiger partial charge in [0.05, 0.1) is 20.7 Å². The van der Waals surface area contributed by atoms with Crippen LogP contribution in [0.1, 0.15) is 10.4 Å². The smallest absolute Gasteiger partial charge is 0.335 e. The number of hydrogen-bond donors (Lipinski definition) is 2. The minimum atomic E-state index is -3.92. The number of benzene rings is 3. The van der Waals surface area contributed by atoms with E-state index in [2.05, 4.69) is 9.71 Å². The summed E-state index contributed by atoms with van der Waals surface area (Å²) in [5, 5.41) is 9.85. The normalized spacial score (nSPS) is 11.4. The van der Waals surface area contributed by atoms with Crippen molar-refractivity contribution < 1.29 is 18.3 Å². The van der Waals surface area contributed by atoms with Gasteiger partial charge in [-0.15, -0.1) is 11.3 Å². The molecule has 0 bridgehead atoms. The number of para-hydroxylation sites is 1. The van der Waals surface area contributed by atoms with Crippen molar-refractivity contribution in [2.24, 2.45) is 0 Å². The zero-order chi connectivity index (χ0) is 19.7. The van der Waals surface area contributed by atoms with Gasteiger partial charge >= 0.3 is 5.97 Å². The van der Waals surface area contributed by atoms with E-state index in [0.29, 0.717) is 5.69 Å². The van der Waals surface area contributed by atoms with E-state index in [1.54, 1.807) is 18.2 Å². The minimum Gasteiger partial charge on any atom is -0.478 e. The van der Waals surface area contributed by atoms with Crippen LogP contribution in [0.5, 0.6) is 0 Å². The van der Waals surface area contributed by atoms with Crippen molar-refractivity contribution in [1.29, 1.82) is 0 Å². The number of fused-ring (bicyclic) bond motifs is 1. The van der Waals surface area contributed by atoms with Crippen LogP contribution in [0.15, 0.2) is 77.7 Å². The van der Waals surface area contributed by atoms with Gasteiger partial charge in [0.2, 0.25) is 0 Å². The van der Waals surface area contributed by atoms with Crippen molar-refractivity contribution in [1.82, 2.24) is 4.98 Å². The van der Waals surface area contributed by atoms with Crippen molar-refractivity contribution in [2.75, 3.05) is 4.72 Å². The lowest BCUT2D eigenvalue weighted by Crippen LogP contribution is -2.13. The van der Waals surface area contributed by atoms with E-state index in [0.717, 1.165) is 26.9 Å². The van der Waals surface area contributed by atoms with Gasteiger partial charge in [0.25, 0.3) is 10.0 Å². The SMILES string of the molecule is O=C(O)c1cccc(S(=O)(=O)Nc2cccc(-c3nc4ccccc4s3)c2)c1. The van der Waals surface area contributed by atoms with Gasteiger partial charge < -0.3 is 5.11 Å². The van der Waals surface area contributed by atoms with Crippen molar-refractivity contribution in [3.05, 3.63) is 78.4 Å². The summed E-state index contributed by atoms with van der Waals surface area (Å²) in [6.07, 6.45) is 0. The fourth-order valence-corrected chi connectivity index (χ4v) is 4.78. The molecular formula is C20H14N2O4S2. The van der Waals surface area contributed by atoms with Crippen LogP contribution in [-0.2, 0) is 10.0 Å². The molecule has 4 aromatic rings. The third kappa shape index (κ3) is 3.60. The van der Waals surface area contributed by atoms with Crippen molar-refractivity contribution in [2.45, 2.75) is 4.90 Å². The predicted octanol–water partition coefficient (Wildman–Crippen LogP) is 4.46. The average molecular weight is 410 g/mol. The molecule has 0 fully saturated rings. The van der Waals surface area contributed by atoms with Crippen LogP contribution in [0.3, 0.4) is 0 Å². The Morgan fingerprint density at radius 2 is 1.75 bits per heavy atom. The van der Waals surface area contributed by atoms with Crippen LogP contribution in [0, 0.1) is 0 Å². The summed E-state index contributed by atoms with van der Waals surface area (Å²) in [5.74, 6) is -1.19. The molecule has 0 atom stereocenters. The van der Waals surface area contributed by atoms with Crippen LogP contribution in [0.2, 0.25) is 0 Å². The van der Waals surface area contributed by atoms with Gasteiger partial charge in [-0.3, -0.25) is 4.72 Å². The van der Waals surface area contributed by atoms with E-state index < -0.39 is 16.0 Å². The van der Waals surface area contributed by atoms with E-state index in [1.165, 1.54) is 29.5 Å². The number of rotatable bonds is 5. The molecule has 0 aliphatic heterocycles. The summed E-state index contributed by atoms with van der Waals surface area (Å²) in [7, 11) is -3.92. The first kappa shape index (κ1) is 18.1. The van der Waals surface area contributed by atoms with Gasteiger partial charge in [-0.25, -0.2) is 18.2 Å². The van der Waals surface area contributed by atoms with Crippen LogP contribution in [0.4, 0.5) is 5.69 Å². The van der Waals surface area contributed by atoms with Crippen molar-refractivity contribution in [3.63, 3.8) is 0 Å². The fraction of sp³-hybridized carbons (Fsp3) is 0. The van der Waals surface area contributed by atoms with Gasteiger partial charge in [0.1, 0.15) is 5.01 Å². The maximum atomic E-state index is 12.6. The predicted molar refractivity (Wildman–Crippen MR) is 109 cm³/mol. The molecule has 1 heterocycles. The Kier molecular flexibility index (Phi) is 4.58. The van der Waals surface area contributed by atoms with E-state index in [1.807, 2.05) is 30.3 Å². The van der Waals surface area contributed by atoms with Crippen LogP contribution in [0.25, 0.3) is 20.8 Å². The molecular weight excluding hydrogens is 396 g/mol. The first-order valence-corrected chi connectivity index (χ1v) is 10.5. The average Bonchev–Trinajstić information content (AvgIpc) is 3.12. The number of thiazole rings is 1. The van der Waals surface area contributed by atoms with Crippen LogP contribution >= 0.6 is 11.3 Å². The zero-order valence-corrected chi connectivity index (χ0v) is 16.0. The Bertz CT molecular complexity index is 1260. The quantitative estimate of drug-likeness (QED) is 0.506. The molecule has 1 aromatic heterocycles. The molecule has 3 aromatic carbocycles. The summed E-state index contributed by atoms with van der Waals surface area (Å²) in [6, 6.07) is 19.9.